The maximum atomic E-state index is 4.23. The van der Waals surface area contributed by atoms with E-state index in [0.29, 0.717) is 10.7 Å². The molecule has 17 heavy (non-hydrogen) atoms. The Labute approximate surface area is 110 Å². The fourth-order valence-electron chi connectivity index (χ4n) is 2.68. The molecule has 2 unspecified atom stereocenters. The van der Waals surface area contributed by atoms with Gasteiger partial charge >= 0.3 is 0 Å². The van der Waals surface area contributed by atoms with Crippen molar-refractivity contribution in [1.29, 1.82) is 0 Å². The lowest BCUT2D eigenvalue weighted by Gasteiger charge is -2.12. The van der Waals surface area contributed by atoms with Gasteiger partial charge in [0.2, 0.25) is 0 Å². The van der Waals surface area contributed by atoms with Gasteiger partial charge in [0.1, 0.15) is 0 Å². The van der Waals surface area contributed by atoms with Crippen LogP contribution in [0.4, 0.5) is 0 Å². The lowest BCUT2D eigenvalue weighted by molar-refractivity contribution is 0.555. The largest absolute Gasteiger partial charge is 0.276 e. The van der Waals surface area contributed by atoms with Gasteiger partial charge in [-0.1, -0.05) is 40.2 Å². The molecule has 1 aromatic carbocycles. The summed E-state index contributed by atoms with van der Waals surface area (Å²) in [6, 6.07) is 8.73. The number of nitrogens with zero attached hydrogens (tertiary/aromatic N) is 2. The number of hydrogen-bond donors (Lipinski definition) is 0. The van der Waals surface area contributed by atoms with Gasteiger partial charge in [0.05, 0.1) is 6.20 Å². The number of aryl methyl sites for hydroxylation is 1. The van der Waals surface area contributed by atoms with Gasteiger partial charge in [-0.3, -0.25) is 4.68 Å². The van der Waals surface area contributed by atoms with E-state index in [-0.39, 0.29) is 0 Å². The maximum Gasteiger partial charge on any atom is 0.0521 e. The van der Waals surface area contributed by atoms with E-state index in [4.69, 9.17) is 0 Å². The maximum absolute atomic E-state index is 4.23. The molecule has 0 amide bonds. The normalized spacial score (nSPS) is 22.7. The van der Waals surface area contributed by atoms with Crippen molar-refractivity contribution in [3.8, 4) is 0 Å². The number of aromatic nitrogens is 2. The first-order chi connectivity index (χ1) is 8.24. The fraction of sp³-hybridized carbons (Fsp3) is 0.357. The molecule has 2 nitrogen and oxygen atoms in total. The quantitative estimate of drug-likeness (QED) is 0.776. The smallest absolute Gasteiger partial charge is 0.0521 e. The van der Waals surface area contributed by atoms with Gasteiger partial charge in [0, 0.05) is 18.1 Å². The van der Waals surface area contributed by atoms with Gasteiger partial charge in [-0.25, -0.2) is 0 Å². The second kappa shape index (κ2) is 4.30. The number of fused-ring (bicyclic) bond motifs is 1. The first-order valence-corrected chi connectivity index (χ1v) is 6.85. The van der Waals surface area contributed by atoms with E-state index in [9.17, 15) is 0 Å². The summed E-state index contributed by atoms with van der Waals surface area (Å²) >= 11 is 3.84. The van der Waals surface area contributed by atoms with E-state index in [2.05, 4.69) is 51.5 Å². The van der Waals surface area contributed by atoms with Gasteiger partial charge in [-0.15, -0.1) is 0 Å². The second-order valence-electron chi connectivity index (χ2n) is 4.79. The average molecular weight is 291 g/mol. The highest BCUT2D eigenvalue weighted by atomic mass is 79.9. The zero-order valence-corrected chi connectivity index (χ0v) is 11.4. The molecule has 3 heteroatoms. The second-order valence-corrected chi connectivity index (χ2v) is 5.78. The Morgan fingerprint density at radius 1 is 1.41 bits per heavy atom. The molecule has 1 aliphatic rings. The summed E-state index contributed by atoms with van der Waals surface area (Å²) in [7, 11) is 1.97. The molecule has 3 rings (SSSR count). The Morgan fingerprint density at radius 3 is 2.94 bits per heavy atom. The molecule has 0 radical (unpaired) electrons. The summed E-state index contributed by atoms with van der Waals surface area (Å²) in [6.45, 7) is 0. The minimum Gasteiger partial charge on any atom is -0.276 e. The Hall–Kier alpha value is -1.09. The molecular formula is C14H15BrN2. The van der Waals surface area contributed by atoms with Crippen LogP contribution >= 0.6 is 15.9 Å². The van der Waals surface area contributed by atoms with Crippen molar-refractivity contribution < 1.29 is 0 Å². The summed E-state index contributed by atoms with van der Waals surface area (Å²) in [5.41, 5.74) is 4.28. The monoisotopic (exact) mass is 290 g/mol. The van der Waals surface area contributed by atoms with E-state index in [1.807, 2.05) is 17.9 Å². The number of rotatable bonds is 2. The molecule has 2 atom stereocenters. The minimum atomic E-state index is 0.485. The van der Waals surface area contributed by atoms with E-state index < -0.39 is 0 Å². The summed E-state index contributed by atoms with van der Waals surface area (Å²) in [5, 5.41) is 4.23. The molecule has 88 valence electrons. The summed E-state index contributed by atoms with van der Waals surface area (Å²) < 4.78 is 1.88. The SMILES string of the molecule is Cn1cc(CC2Cc3ccccc3C2Br)cn1. The van der Waals surface area contributed by atoms with E-state index >= 15 is 0 Å². The molecule has 0 N–H and O–H groups in total. The third-order valence-corrected chi connectivity index (χ3v) is 4.75. The van der Waals surface area contributed by atoms with E-state index in [0.717, 1.165) is 6.42 Å². The third kappa shape index (κ3) is 2.04. The van der Waals surface area contributed by atoms with Crippen LogP contribution in [0, 0.1) is 5.92 Å². The molecule has 1 aromatic heterocycles. The Balaban J connectivity index is 1.80. The van der Waals surface area contributed by atoms with Crippen molar-refractivity contribution in [3.05, 3.63) is 53.3 Å². The fourth-order valence-corrected chi connectivity index (χ4v) is 3.51. The van der Waals surface area contributed by atoms with Crippen LogP contribution in [0.3, 0.4) is 0 Å². The predicted octanol–water partition coefficient (Wildman–Crippen LogP) is 3.27. The molecule has 0 saturated carbocycles. The molecule has 0 bridgehead atoms. The zero-order valence-electron chi connectivity index (χ0n) is 9.81. The van der Waals surface area contributed by atoms with Gasteiger partial charge < -0.3 is 0 Å². The summed E-state index contributed by atoms with van der Waals surface area (Å²) in [6.07, 6.45) is 6.35. The van der Waals surface area contributed by atoms with Crippen molar-refractivity contribution in [2.45, 2.75) is 17.7 Å². The van der Waals surface area contributed by atoms with Crippen molar-refractivity contribution in [1.82, 2.24) is 9.78 Å². The Kier molecular flexibility index (Phi) is 2.79. The van der Waals surface area contributed by atoms with E-state index in [1.165, 1.54) is 23.1 Å². The Bertz CT molecular complexity index is 533. The first kappa shape index (κ1) is 11.0. The van der Waals surface area contributed by atoms with Gasteiger partial charge in [0.15, 0.2) is 0 Å². The van der Waals surface area contributed by atoms with Crippen LogP contribution in [0.5, 0.6) is 0 Å². The van der Waals surface area contributed by atoms with Crippen LogP contribution in [0.1, 0.15) is 21.5 Å². The minimum absolute atomic E-state index is 0.485. The third-order valence-electron chi connectivity index (χ3n) is 3.50. The zero-order chi connectivity index (χ0) is 11.8. The molecule has 0 saturated heterocycles. The van der Waals surface area contributed by atoms with Crippen LogP contribution in [0.2, 0.25) is 0 Å². The topological polar surface area (TPSA) is 17.8 Å². The number of halogens is 1. The predicted molar refractivity (Wildman–Crippen MR) is 72.2 cm³/mol. The molecule has 0 fully saturated rings. The summed E-state index contributed by atoms with van der Waals surface area (Å²) in [5.74, 6) is 0.650. The number of alkyl halides is 1. The van der Waals surface area contributed by atoms with Crippen molar-refractivity contribution >= 4 is 15.9 Å². The molecule has 1 heterocycles. The lowest BCUT2D eigenvalue weighted by Crippen LogP contribution is -2.05. The highest BCUT2D eigenvalue weighted by Gasteiger charge is 2.30. The van der Waals surface area contributed by atoms with Crippen molar-refractivity contribution in [3.63, 3.8) is 0 Å². The Morgan fingerprint density at radius 2 is 2.24 bits per heavy atom. The lowest BCUT2D eigenvalue weighted by atomic mass is 9.99. The van der Waals surface area contributed by atoms with Crippen molar-refractivity contribution in [2.75, 3.05) is 0 Å². The number of hydrogen-bond acceptors (Lipinski definition) is 1. The highest BCUT2D eigenvalue weighted by Crippen LogP contribution is 2.43. The van der Waals surface area contributed by atoms with Crippen LogP contribution in [0.25, 0.3) is 0 Å². The highest BCUT2D eigenvalue weighted by molar-refractivity contribution is 9.09. The van der Waals surface area contributed by atoms with Crippen LogP contribution in [-0.2, 0) is 19.9 Å². The molecule has 0 aliphatic heterocycles. The van der Waals surface area contributed by atoms with Crippen LogP contribution < -0.4 is 0 Å². The molecule has 1 aliphatic carbocycles. The van der Waals surface area contributed by atoms with E-state index in [1.54, 1.807) is 0 Å². The number of benzene rings is 1. The van der Waals surface area contributed by atoms with Crippen LogP contribution in [-0.4, -0.2) is 9.78 Å². The van der Waals surface area contributed by atoms with Gasteiger partial charge in [0.25, 0.3) is 0 Å². The van der Waals surface area contributed by atoms with Crippen LogP contribution in [0.15, 0.2) is 36.7 Å². The molecule has 2 aromatic rings. The van der Waals surface area contributed by atoms with Gasteiger partial charge in [-0.05, 0) is 35.4 Å². The van der Waals surface area contributed by atoms with Gasteiger partial charge in [-0.2, -0.15) is 5.10 Å². The first-order valence-electron chi connectivity index (χ1n) is 5.93. The molecule has 0 spiro atoms. The molecular weight excluding hydrogens is 276 g/mol. The van der Waals surface area contributed by atoms with Crippen molar-refractivity contribution in [2.24, 2.45) is 13.0 Å². The summed E-state index contributed by atoms with van der Waals surface area (Å²) in [4.78, 5) is 0.485. The average Bonchev–Trinajstić information content (AvgIpc) is 2.86. The standard InChI is InChI=1S/C14H15BrN2/c1-17-9-10(8-16-17)6-12-7-11-4-2-3-5-13(11)14(12)15/h2-5,8-9,12,14H,6-7H2,1H3.